The quantitative estimate of drug-likeness (QED) is 0.866. The number of aromatic nitrogens is 1. The minimum absolute atomic E-state index is 0.0221. The molecule has 20 heavy (non-hydrogen) atoms. The lowest BCUT2D eigenvalue weighted by molar-refractivity contribution is -0.116. The molecule has 1 amide bonds. The Morgan fingerprint density at radius 1 is 1.20 bits per heavy atom. The zero-order valence-electron chi connectivity index (χ0n) is 11.8. The molecule has 2 aromatic rings. The monoisotopic (exact) mass is 269 g/mol. The van der Waals surface area contributed by atoms with Crippen LogP contribution in [0.4, 0.5) is 17.2 Å². The zero-order valence-corrected chi connectivity index (χ0v) is 11.8. The van der Waals surface area contributed by atoms with E-state index in [1.165, 1.54) is 0 Å². The number of rotatable bonds is 5. The lowest BCUT2D eigenvalue weighted by atomic mass is 10.2. The topological polar surface area (TPSA) is 54.0 Å². The average molecular weight is 269 g/mol. The molecule has 0 aliphatic heterocycles. The van der Waals surface area contributed by atoms with Gasteiger partial charge in [0.1, 0.15) is 5.82 Å². The van der Waals surface area contributed by atoms with Crippen molar-refractivity contribution in [1.29, 1.82) is 0 Å². The number of carbonyl (C=O) groups excluding carboxylic acids is 1. The van der Waals surface area contributed by atoms with E-state index in [9.17, 15) is 4.79 Å². The summed E-state index contributed by atoms with van der Waals surface area (Å²) in [7, 11) is 0. The van der Waals surface area contributed by atoms with Crippen molar-refractivity contribution in [3.63, 3.8) is 0 Å². The second-order valence-electron chi connectivity index (χ2n) is 4.67. The molecule has 4 nitrogen and oxygen atoms in total. The van der Waals surface area contributed by atoms with Crippen molar-refractivity contribution in [1.82, 2.24) is 4.98 Å². The van der Waals surface area contributed by atoms with Crippen LogP contribution in [0, 0.1) is 6.92 Å². The van der Waals surface area contributed by atoms with E-state index in [-0.39, 0.29) is 5.91 Å². The number of anilines is 3. The van der Waals surface area contributed by atoms with Crippen LogP contribution < -0.4 is 10.6 Å². The van der Waals surface area contributed by atoms with Crippen LogP contribution >= 0.6 is 0 Å². The molecule has 0 unspecified atom stereocenters. The van der Waals surface area contributed by atoms with E-state index in [1.54, 1.807) is 6.20 Å². The molecular formula is C16H19N3O. The number of amides is 1. The van der Waals surface area contributed by atoms with Crippen LogP contribution in [0.15, 0.2) is 42.6 Å². The number of benzene rings is 1. The van der Waals surface area contributed by atoms with Gasteiger partial charge in [0, 0.05) is 12.1 Å². The molecule has 1 heterocycles. The molecule has 0 radical (unpaired) electrons. The summed E-state index contributed by atoms with van der Waals surface area (Å²) in [5, 5.41) is 6.07. The molecule has 1 aromatic carbocycles. The van der Waals surface area contributed by atoms with E-state index in [4.69, 9.17) is 0 Å². The van der Waals surface area contributed by atoms with Crippen LogP contribution in [0.5, 0.6) is 0 Å². The molecule has 1 aromatic heterocycles. The molecule has 0 spiro atoms. The largest absolute Gasteiger partial charge is 0.340 e. The standard InChI is InChI=1S/C16H19N3O/c1-3-6-16(20)18-13-9-10-15(17-11-13)19-14-8-5-4-7-12(14)2/h4-5,7-11H,3,6H2,1-2H3,(H,17,19)(H,18,20). The molecule has 0 aliphatic rings. The number of nitrogens with one attached hydrogen (secondary N) is 2. The number of pyridine rings is 1. The summed E-state index contributed by atoms with van der Waals surface area (Å²) in [5.41, 5.74) is 2.91. The molecule has 0 atom stereocenters. The van der Waals surface area contributed by atoms with Gasteiger partial charge in [-0.3, -0.25) is 4.79 Å². The Morgan fingerprint density at radius 2 is 2.00 bits per heavy atom. The maximum Gasteiger partial charge on any atom is 0.224 e. The molecule has 4 heteroatoms. The van der Waals surface area contributed by atoms with Crippen molar-refractivity contribution < 1.29 is 4.79 Å². The molecule has 0 bridgehead atoms. The fourth-order valence-electron chi connectivity index (χ4n) is 1.84. The average Bonchev–Trinajstić information content (AvgIpc) is 2.44. The maximum absolute atomic E-state index is 11.5. The van der Waals surface area contributed by atoms with E-state index in [1.807, 2.05) is 50.2 Å². The van der Waals surface area contributed by atoms with Crippen molar-refractivity contribution in [2.75, 3.05) is 10.6 Å². The zero-order chi connectivity index (χ0) is 14.4. The number of nitrogens with zero attached hydrogens (tertiary/aromatic N) is 1. The van der Waals surface area contributed by atoms with Crippen molar-refractivity contribution in [3.05, 3.63) is 48.2 Å². The van der Waals surface area contributed by atoms with Crippen LogP contribution in [-0.2, 0) is 4.79 Å². The number of aryl methyl sites for hydroxylation is 1. The number of para-hydroxylation sites is 1. The highest BCUT2D eigenvalue weighted by atomic mass is 16.1. The minimum Gasteiger partial charge on any atom is -0.340 e. The Bertz CT molecular complexity index is 579. The third-order valence-corrected chi connectivity index (χ3v) is 2.93. The third kappa shape index (κ3) is 3.82. The minimum atomic E-state index is 0.0221. The van der Waals surface area contributed by atoms with E-state index >= 15 is 0 Å². The summed E-state index contributed by atoms with van der Waals surface area (Å²) < 4.78 is 0. The van der Waals surface area contributed by atoms with Gasteiger partial charge < -0.3 is 10.6 Å². The Labute approximate surface area is 119 Å². The second kappa shape index (κ2) is 6.70. The molecule has 2 N–H and O–H groups in total. The van der Waals surface area contributed by atoms with Crippen molar-refractivity contribution in [3.8, 4) is 0 Å². The van der Waals surface area contributed by atoms with Crippen LogP contribution in [-0.4, -0.2) is 10.9 Å². The maximum atomic E-state index is 11.5. The summed E-state index contributed by atoms with van der Waals surface area (Å²) in [4.78, 5) is 15.8. The Balaban J connectivity index is 2.02. The van der Waals surface area contributed by atoms with Crippen LogP contribution in [0.2, 0.25) is 0 Å². The summed E-state index contributed by atoms with van der Waals surface area (Å²) in [6.45, 7) is 4.02. The van der Waals surface area contributed by atoms with Gasteiger partial charge in [0.2, 0.25) is 5.91 Å². The molecule has 0 saturated heterocycles. The molecule has 104 valence electrons. The predicted molar refractivity (Wildman–Crippen MR) is 82.2 cm³/mol. The summed E-state index contributed by atoms with van der Waals surface area (Å²) in [5.74, 6) is 0.779. The first kappa shape index (κ1) is 14.1. The van der Waals surface area contributed by atoms with Gasteiger partial charge in [-0.2, -0.15) is 0 Å². The fraction of sp³-hybridized carbons (Fsp3) is 0.250. The highest BCUT2D eigenvalue weighted by molar-refractivity contribution is 5.90. The van der Waals surface area contributed by atoms with Crippen LogP contribution in [0.3, 0.4) is 0 Å². The van der Waals surface area contributed by atoms with Gasteiger partial charge >= 0.3 is 0 Å². The van der Waals surface area contributed by atoms with Gasteiger partial charge in [0.15, 0.2) is 0 Å². The van der Waals surface area contributed by atoms with Gasteiger partial charge in [-0.05, 0) is 37.1 Å². The highest BCUT2D eigenvalue weighted by Gasteiger charge is 2.02. The lowest BCUT2D eigenvalue weighted by Crippen LogP contribution is -2.10. The normalized spacial score (nSPS) is 10.1. The van der Waals surface area contributed by atoms with E-state index in [2.05, 4.69) is 15.6 Å². The second-order valence-corrected chi connectivity index (χ2v) is 4.67. The van der Waals surface area contributed by atoms with Crippen molar-refractivity contribution >= 4 is 23.1 Å². The molecular weight excluding hydrogens is 250 g/mol. The number of hydrogen-bond donors (Lipinski definition) is 2. The summed E-state index contributed by atoms with van der Waals surface area (Å²) >= 11 is 0. The SMILES string of the molecule is CCCC(=O)Nc1ccc(Nc2ccccc2C)nc1. The summed E-state index contributed by atoms with van der Waals surface area (Å²) in [6, 6.07) is 11.7. The van der Waals surface area contributed by atoms with E-state index < -0.39 is 0 Å². The predicted octanol–water partition coefficient (Wildman–Crippen LogP) is 3.87. The smallest absolute Gasteiger partial charge is 0.224 e. The van der Waals surface area contributed by atoms with Crippen molar-refractivity contribution in [2.24, 2.45) is 0 Å². The lowest BCUT2D eigenvalue weighted by Gasteiger charge is -2.09. The highest BCUT2D eigenvalue weighted by Crippen LogP contribution is 2.19. The Morgan fingerprint density at radius 3 is 2.65 bits per heavy atom. The molecule has 0 saturated carbocycles. The Hall–Kier alpha value is -2.36. The molecule has 0 aliphatic carbocycles. The van der Waals surface area contributed by atoms with Gasteiger partial charge in [-0.25, -0.2) is 4.98 Å². The van der Waals surface area contributed by atoms with Crippen LogP contribution in [0.25, 0.3) is 0 Å². The van der Waals surface area contributed by atoms with Gasteiger partial charge in [-0.15, -0.1) is 0 Å². The summed E-state index contributed by atoms with van der Waals surface area (Å²) in [6.07, 6.45) is 3.03. The van der Waals surface area contributed by atoms with Crippen LogP contribution in [0.1, 0.15) is 25.3 Å². The van der Waals surface area contributed by atoms with E-state index in [0.717, 1.165) is 29.2 Å². The number of carbonyl (C=O) groups is 1. The van der Waals surface area contributed by atoms with Gasteiger partial charge in [0.25, 0.3) is 0 Å². The molecule has 0 fully saturated rings. The van der Waals surface area contributed by atoms with E-state index in [0.29, 0.717) is 6.42 Å². The van der Waals surface area contributed by atoms with Crippen molar-refractivity contribution in [2.45, 2.75) is 26.7 Å². The van der Waals surface area contributed by atoms with Gasteiger partial charge in [0.05, 0.1) is 11.9 Å². The first-order chi connectivity index (χ1) is 9.69. The van der Waals surface area contributed by atoms with Gasteiger partial charge in [-0.1, -0.05) is 25.1 Å². The Kier molecular flexibility index (Phi) is 4.71. The number of hydrogen-bond acceptors (Lipinski definition) is 3. The first-order valence-electron chi connectivity index (χ1n) is 6.77. The fourth-order valence-corrected chi connectivity index (χ4v) is 1.84. The third-order valence-electron chi connectivity index (χ3n) is 2.93. The first-order valence-corrected chi connectivity index (χ1v) is 6.77. The molecule has 2 rings (SSSR count).